The summed E-state index contributed by atoms with van der Waals surface area (Å²) < 4.78 is 0. The minimum Gasteiger partial charge on any atom is -0.396 e. The zero-order valence-corrected chi connectivity index (χ0v) is 18.1. The lowest BCUT2D eigenvalue weighted by Crippen LogP contribution is -2.42. The van der Waals surface area contributed by atoms with Gasteiger partial charge in [-0.05, 0) is 49.1 Å². The van der Waals surface area contributed by atoms with Gasteiger partial charge in [0.25, 0.3) is 5.91 Å². The van der Waals surface area contributed by atoms with E-state index in [1.54, 1.807) is 6.20 Å². The molecule has 0 bridgehead atoms. The average Bonchev–Trinajstić information content (AvgIpc) is 2.73. The summed E-state index contributed by atoms with van der Waals surface area (Å²) in [5.74, 6) is 1.46. The molecule has 1 aromatic heterocycles. The number of hydrogen-bond acceptors (Lipinski definition) is 5. The van der Waals surface area contributed by atoms with E-state index in [0.717, 1.165) is 44.6 Å². The van der Waals surface area contributed by atoms with Crippen molar-refractivity contribution in [2.45, 2.75) is 52.9 Å². The number of nitrogens with zero attached hydrogens (tertiary/aromatic N) is 3. The van der Waals surface area contributed by atoms with E-state index in [0.29, 0.717) is 31.0 Å². The van der Waals surface area contributed by atoms with Gasteiger partial charge in [0, 0.05) is 51.3 Å². The molecule has 160 valence electrons. The van der Waals surface area contributed by atoms with Gasteiger partial charge in [0.05, 0.1) is 5.56 Å². The molecule has 1 amide bonds. The van der Waals surface area contributed by atoms with Crippen LogP contribution < -0.4 is 4.90 Å². The fourth-order valence-electron chi connectivity index (χ4n) is 4.31. The number of aromatic nitrogens is 1. The molecule has 2 saturated heterocycles. The molecule has 2 fully saturated rings. The summed E-state index contributed by atoms with van der Waals surface area (Å²) in [5, 5.41) is 9.53. The number of hydrogen-bond donors (Lipinski definition) is 1. The van der Waals surface area contributed by atoms with Gasteiger partial charge in [-0.15, -0.1) is 0 Å². The zero-order valence-electron chi connectivity index (χ0n) is 18.1. The number of pyridine rings is 1. The average molecular weight is 402 g/mol. The number of aliphatic hydroxyl groups excluding tert-OH is 1. The van der Waals surface area contributed by atoms with E-state index in [-0.39, 0.29) is 29.6 Å². The molecule has 0 spiro atoms. The van der Waals surface area contributed by atoms with Crippen LogP contribution in [0.5, 0.6) is 0 Å². The van der Waals surface area contributed by atoms with Crippen molar-refractivity contribution in [2.75, 3.05) is 37.7 Å². The molecule has 1 N–H and O–H groups in total. The third-order valence-corrected chi connectivity index (χ3v) is 6.44. The van der Waals surface area contributed by atoms with E-state index >= 15 is 0 Å². The highest BCUT2D eigenvalue weighted by Crippen LogP contribution is 2.32. The molecule has 3 rings (SSSR count). The maximum Gasteiger partial charge on any atom is 0.255 e. The molecule has 3 heterocycles. The fraction of sp³-hybridized carbons (Fsp3) is 0.696. The SMILES string of the molecule is CC(C)CC(=O)[C@@H]1CCCN(C(=O)c2ccc(N3CCC(C)(CO)CC3)nc2)C1. The molecule has 6 nitrogen and oxygen atoms in total. The molecule has 2 aliphatic heterocycles. The molecule has 6 heteroatoms. The minimum atomic E-state index is -0.0310. The van der Waals surface area contributed by atoms with Crippen molar-refractivity contribution in [3.63, 3.8) is 0 Å². The summed E-state index contributed by atoms with van der Waals surface area (Å²) in [4.78, 5) is 33.9. The number of carbonyl (C=O) groups is 2. The summed E-state index contributed by atoms with van der Waals surface area (Å²) >= 11 is 0. The monoisotopic (exact) mass is 401 g/mol. The first-order chi connectivity index (χ1) is 13.8. The first-order valence-electron chi connectivity index (χ1n) is 11.0. The van der Waals surface area contributed by atoms with Crippen molar-refractivity contribution in [1.29, 1.82) is 0 Å². The second-order valence-electron chi connectivity index (χ2n) is 9.52. The first kappa shape index (κ1) is 21.8. The Bertz CT molecular complexity index is 709. The number of anilines is 1. The summed E-state index contributed by atoms with van der Waals surface area (Å²) in [5.41, 5.74) is 0.590. The van der Waals surface area contributed by atoms with Crippen LogP contribution in [0.25, 0.3) is 0 Å². The summed E-state index contributed by atoms with van der Waals surface area (Å²) in [6, 6.07) is 3.77. The number of Topliss-reactive ketones (excluding diaryl/α,β-unsaturated/α-hetero) is 1. The van der Waals surface area contributed by atoms with Crippen molar-refractivity contribution < 1.29 is 14.7 Å². The third-order valence-electron chi connectivity index (χ3n) is 6.44. The highest BCUT2D eigenvalue weighted by molar-refractivity contribution is 5.94. The van der Waals surface area contributed by atoms with Gasteiger partial charge in [-0.2, -0.15) is 0 Å². The first-order valence-corrected chi connectivity index (χ1v) is 11.0. The van der Waals surface area contributed by atoms with E-state index in [2.05, 4.69) is 30.7 Å². The van der Waals surface area contributed by atoms with Gasteiger partial charge in [-0.1, -0.05) is 20.8 Å². The van der Waals surface area contributed by atoms with Crippen LogP contribution in [-0.4, -0.2) is 59.5 Å². The standard InChI is InChI=1S/C23H35N3O3/c1-17(2)13-20(28)19-5-4-10-26(15-19)22(29)18-6-7-21(24-14-18)25-11-8-23(3,16-27)9-12-25/h6-7,14,17,19,27H,4-5,8-13,15-16H2,1-3H3/t19-/m1/s1. The van der Waals surface area contributed by atoms with E-state index in [1.807, 2.05) is 17.0 Å². The Labute approximate surface area is 174 Å². The maximum atomic E-state index is 12.9. The summed E-state index contributed by atoms with van der Waals surface area (Å²) in [6.45, 7) is 9.42. The number of amides is 1. The van der Waals surface area contributed by atoms with Crippen LogP contribution in [0.1, 0.15) is 63.2 Å². The van der Waals surface area contributed by atoms with Crippen molar-refractivity contribution in [2.24, 2.45) is 17.3 Å². The number of piperidine rings is 2. The predicted molar refractivity (Wildman–Crippen MR) is 114 cm³/mol. The Morgan fingerprint density at radius 2 is 1.97 bits per heavy atom. The van der Waals surface area contributed by atoms with Crippen molar-refractivity contribution in [3.05, 3.63) is 23.9 Å². The third kappa shape index (κ3) is 5.35. The Hall–Kier alpha value is -1.95. The van der Waals surface area contributed by atoms with Gasteiger partial charge < -0.3 is 14.9 Å². The summed E-state index contributed by atoms with van der Waals surface area (Å²) in [7, 11) is 0. The van der Waals surface area contributed by atoms with Crippen LogP contribution in [0.4, 0.5) is 5.82 Å². The number of likely N-dealkylation sites (tertiary alicyclic amines) is 1. The smallest absolute Gasteiger partial charge is 0.255 e. The van der Waals surface area contributed by atoms with Gasteiger partial charge in [0.15, 0.2) is 0 Å². The van der Waals surface area contributed by atoms with Crippen molar-refractivity contribution >= 4 is 17.5 Å². The van der Waals surface area contributed by atoms with Crippen molar-refractivity contribution in [1.82, 2.24) is 9.88 Å². The quantitative estimate of drug-likeness (QED) is 0.793. The summed E-state index contributed by atoms with van der Waals surface area (Å²) in [6.07, 6.45) is 5.89. The molecule has 0 saturated carbocycles. The maximum absolute atomic E-state index is 12.9. The number of rotatable bonds is 6. The van der Waals surface area contributed by atoms with Gasteiger partial charge in [0.1, 0.15) is 11.6 Å². The number of ketones is 1. The Kier molecular flexibility index (Phi) is 6.93. The molecule has 1 aromatic rings. The molecule has 0 radical (unpaired) electrons. The molecule has 29 heavy (non-hydrogen) atoms. The predicted octanol–water partition coefficient (Wildman–Crippen LogP) is 3.15. The molecule has 2 aliphatic rings. The second kappa shape index (κ2) is 9.24. The molecule has 0 aromatic carbocycles. The molecular weight excluding hydrogens is 366 g/mol. The topological polar surface area (TPSA) is 73.7 Å². The van der Waals surface area contributed by atoms with Crippen molar-refractivity contribution in [3.8, 4) is 0 Å². The fourth-order valence-corrected chi connectivity index (χ4v) is 4.31. The highest BCUT2D eigenvalue weighted by Gasteiger charge is 2.31. The lowest BCUT2D eigenvalue weighted by Gasteiger charge is -2.38. The van der Waals surface area contributed by atoms with Gasteiger partial charge >= 0.3 is 0 Å². The van der Waals surface area contributed by atoms with Crippen LogP contribution >= 0.6 is 0 Å². The number of carbonyl (C=O) groups excluding carboxylic acids is 2. The lowest BCUT2D eigenvalue weighted by atomic mass is 9.81. The van der Waals surface area contributed by atoms with Crippen LogP contribution in [0.15, 0.2) is 18.3 Å². The van der Waals surface area contributed by atoms with Gasteiger partial charge in [-0.25, -0.2) is 4.98 Å². The minimum absolute atomic E-state index is 0.00418. The van der Waals surface area contributed by atoms with Crippen LogP contribution in [0.3, 0.4) is 0 Å². The van der Waals surface area contributed by atoms with E-state index in [9.17, 15) is 14.7 Å². The van der Waals surface area contributed by atoms with Gasteiger partial charge in [-0.3, -0.25) is 9.59 Å². The Morgan fingerprint density at radius 1 is 1.24 bits per heavy atom. The number of aliphatic hydroxyl groups is 1. The lowest BCUT2D eigenvalue weighted by molar-refractivity contribution is -0.124. The molecule has 0 unspecified atom stereocenters. The van der Waals surface area contributed by atoms with Gasteiger partial charge in [0.2, 0.25) is 0 Å². The van der Waals surface area contributed by atoms with E-state index < -0.39 is 0 Å². The largest absolute Gasteiger partial charge is 0.396 e. The van der Waals surface area contributed by atoms with Crippen LogP contribution in [0.2, 0.25) is 0 Å². The molecular formula is C23H35N3O3. The van der Waals surface area contributed by atoms with Crippen LogP contribution in [-0.2, 0) is 4.79 Å². The highest BCUT2D eigenvalue weighted by atomic mass is 16.3. The van der Waals surface area contributed by atoms with E-state index in [1.165, 1.54) is 0 Å². The molecule has 1 atom stereocenters. The Balaban J connectivity index is 1.59. The van der Waals surface area contributed by atoms with Crippen LogP contribution in [0, 0.1) is 17.3 Å². The van der Waals surface area contributed by atoms with E-state index in [4.69, 9.17) is 0 Å². The zero-order chi connectivity index (χ0) is 21.0. The molecule has 0 aliphatic carbocycles. The Morgan fingerprint density at radius 3 is 2.55 bits per heavy atom. The second-order valence-corrected chi connectivity index (χ2v) is 9.52. The normalized spacial score (nSPS) is 22.0.